The molecule has 1 aromatic rings. The molecule has 0 fully saturated rings. The molecule has 13 heavy (non-hydrogen) atoms. The van der Waals surface area contributed by atoms with E-state index < -0.39 is 0 Å². The maximum Gasteiger partial charge on any atom is 0.102 e. The summed E-state index contributed by atoms with van der Waals surface area (Å²) in [7, 11) is 1.66. The van der Waals surface area contributed by atoms with Gasteiger partial charge in [0.2, 0.25) is 0 Å². The summed E-state index contributed by atoms with van der Waals surface area (Å²) in [5, 5.41) is 7.98. The molecule has 5 heteroatoms. The molecular weight excluding hydrogens is 168 g/mol. The molecule has 0 amide bonds. The molecule has 1 aromatic heterocycles. The predicted molar refractivity (Wildman–Crippen MR) is 48.9 cm³/mol. The number of ether oxygens (including phenoxy) is 1. The van der Waals surface area contributed by atoms with Crippen molar-refractivity contribution in [3.05, 3.63) is 11.4 Å². The van der Waals surface area contributed by atoms with Gasteiger partial charge in [-0.3, -0.25) is 0 Å². The summed E-state index contributed by atoms with van der Waals surface area (Å²) in [6, 6.07) is 0. The summed E-state index contributed by atoms with van der Waals surface area (Å²) in [6.45, 7) is 3.91. The average molecular weight is 184 g/mol. The molecule has 74 valence electrons. The van der Waals surface area contributed by atoms with E-state index >= 15 is 0 Å². The molecule has 0 aliphatic rings. The summed E-state index contributed by atoms with van der Waals surface area (Å²) in [5.74, 6) is 0. The van der Waals surface area contributed by atoms with Crippen molar-refractivity contribution in [2.75, 3.05) is 7.11 Å². The Morgan fingerprint density at radius 3 is 2.85 bits per heavy atom. The molecule has 0 aliphatic carbocycles. The summed E-state index contributed by atoms with van der Waals surface area (Å²) in [4.78, 5) is 0. The molecule has 0 radical (unpaired) electrons. The third kappa shape index (κ3) is 2.26. The van der Waals surface area contributed by atoms with Crippen LogP contribution in [0.4, 0.5) is 0 Å². The van der Waals surface area contributed by atoms with Crippen LogP contribution in [0.1, 0.15) is 24.7 Å². The minimum absolute atomic E-state index is 0.419. The highest BCUT2D eigenvalue weighted by atomic mass is 16.5. The first kappa shape index (κ1) is 10.1. The summed E-state index contributed by atoms with van der Waals surface area (Å²) >= 11 is 0. The van der Waals surface area contributed by atoms with Crippen LogP contribution in [-0.2, 0) is 24.4 Å². The smallest absolute Gasteiger partial charge is 0.102 e. The zero-order chi connectivity index (χ0) is 9.68. The highest BCUT2D eigenvalue weighted by Crippen LogP contribution is 2.06. The standard InChI is InChI=1S/C8H16N4O/c1-3-4-12-8(6-13-2)7(5-9)10-11-12/h3-6,9H2,1-2H3. The Bertz CT molecular complexity index is 259. The van der Waals surface area contributed by atoms with Gasteiger partial charge in [0.05, 0.1) is 12.3 Å². The minimum atomic E-state index is 0.419. The first-order valence-electron chi connectivity index (χ1n) is 4.43. The zero-order valence-electron chi connectivity index (χ0n) is 8.16. The van der Waals surface area contributed by atoms with Crippen molar-refractivity contribution in [1.29, 1.82) is 0 Å². The van der Waals surface area contributed by atoms with Crippen molar-refractivity contribution < 1.29 is 4.74 Å². The van der Waals surface area contributed by atoms with Gasteiger partial charge in [-0.2, -0.15) is 0 Å². The molecule has 0 aromatic carbocycles. The van der Waals surface area contributed by atoms with Crippen molar-refractivity contribution in [3.63, 3.8) is 0 Å². The van der Waals surface area contributed by atoms with Gasteiger partial charge >= 0.3 is 0 Å². The Morgan fingerprint density at radius 2 is 2.31 bits per heavy atom. The first-order valence-corrected chi connectivity index (χ1v) is 4.43. The Balaban J connectivity index is 2.85. The van der Waals surface area contributed by atoms with E-state index in [1.807, 2.05) is 4.68 Å². The van der Waals surface area contributed by atoms with Crippen LogP contribution in [0.5, 0.6) is 0 Å². The number of aryl methyl sites for hydroxylation is 1. The third-order valence-electron chi connectivity index (χ3n) is 1.83. The molecular formula is C8H16N4O. The molecule has 0 unspecified atom stereocenters. The lowest BCUT2D eigenvalue weighted by Crippen LogP contribution is -2.08. The van der Waals surface area contributed by atoms with Crippen molar-refractivity contribution in [1.82, 2.24) is 15.0 Å². The fraction of sp³-hybridized carbons (Fsp3) is 0.750. The molecule has 2 N–H and O–H groups in total. The fourth-order valence-electron chi connectivity index (χ4n) is 1.21. The van der Waals surface area contributed by atoms with Gasteiger partial charge in [0.1, 0.15) is 5.69 Å². The fourth-order valence-corrected chi connectivity index (χ4v) is 1.21. The quantitative estimate of drug-likeness (QED) is 0.714. The molecule has 0 saturated carbocycles. The molecule has 0 bridgehead atoms. The maximum absolute atomic E-state index is 5.52. The van der Waals surface area contributed by atoms with E-state index in [1.165, 1.54) is 0 Å². The van der Waals surface area contributed by atoms with Crippen molar-refractivity contribution >= 4 is 0 Å². The summed E-state index contributed by atoms with van der Waals surface area (Å²) in [5.41, 5.74) is 7.34. The van der Waals surface area contributed by atoms with Gasteiger partial charge in [0.15, 0.2) is 0 Å². The largest absolute Gasteiger partial charge is 0.378 e. The number of aromatic nitrogens is 3. The van der Waals surface area contributed by atoms with E-state index in [1.54, 1.807) is 7.11 Å². The Morgan fingerprint density at radius 1 is 1.54 bits per heavy atom. The van der Waals surface area contributed by atoms with Gasteiger partial charge in [0, 0.05) is 20.2 Å². The third-order valence-corrected chi connectivity index (χ3v) is 1.83. The highest BCUT2D eigenvalue weighted by molar-refractivity contribution is 5.08. The van der Waals surface area contributed by atoms with Crippen LogP contribution in [-0.4, -0.2) is 22.1 Å². The second kappa shape index (κ2) is 4.94. The van der Waals surface area contributed by atoms with E-state index in [-0.39, 0.29) is 0 Å². The summed E-state index contributed by atoms with van der Waals surface area (Å²) < 4.78 is 6.91. The first-order chi connectivity index (χ1) is 6.33. The van der Waals surface area contributed by atoms with E-state index in [9.17, 15) is 0 Å². The van der Waals surface area contributed by atoms with E-state index in [2.05, 4.69) is 17.2 Å². The van der Waals surface area contributed by atoms with Crippen molar-refractivity contribution in [3.8, 4) is 0 Å². The lowest BCUT2D eigenvalue weighted by molar-refractivity contribution is 0.175. The molecule has 1 rings (SSSR count). The van der Waals surface area contributed by atoms with Gasteiger partial charge in [-0.25, -0.2) is 4.68 Å². The molecule has 5 nitrogen and oxygen atoms in total. The number of hydrogen-bond acceptors (Lipinski definition) is 4. The minimum Gasteiger partial charge on any atom is -0.378 e. The Kier molecular flexibility index (Phi) is 3.85. The average Bonchev–Trinajstić information content (AvgIpc) is 2.50. The zero-order valence-corrected chi connectivity index (χ0v) is 8.16. The molecule has 1 heterocycles. The lowest BCUT2D eigenvalue weighted by Gasteiger charge is -2.04. The van der Waals surface area contributed by atoms with E-state index in [4.69, 9.17) is 10.5 Å². The van der Waals surface area contributed by atoms with Gasteiger partial charge in [0.25, 0.3) is 0 Å². The predicted octanol–water partition coefficient (Wildman–Crippen LogP) is 0.293. The highest BCUT2D eigenvalue weighted by Gasteiger charge is 2.09. The van der Waals surface area contributed by atoms with E-state index in [0.717, 1.165) is 24.4 Å². The number of methoxy groups -OCH3 is 1. The second-order valence-electron chi connectivity index (χ2n) is 2.84. The molecule has 0 spiro atoms. The van der Waals surface area contributed by atoms with Gasteiger partial charge in [-0.05, 0) is 6.42 Å². The van der Waals surface area contributed by atoms with Crippen LogP contribution < -0.4 is 5.73 Å². The van der Waals surface area contributed by atoms with Crippen molar-refractivity contribution in [2.45, 2.75) is 33.0 Å². The SMILES string of the molecule is CCCn1nnc(CN)c1COC. The number of nitrogens with two attached hydrogens (primary N) is 1. The number of hydrogen-bond donors (Lipinski definition) is 1. The van der Waals surface area contributed by atoms with Gasteiger partial charge in [-0.15, -0.1) is 5.10 Å². The lowest BCUT2D eigenvalue weighted by atomic mass is 10.3. The maximum atomic E-state index is 5.52. The Hall–Kier alpha value is -0.940. The normalized spacial score (nSPS) is 10.7. The van der Waals surface area contributed by atoms with Crippen molar-refractivity contribution in [2.24, 2.45) is 5.73 Å². The van der Waals surface area contributed by atoms with Gasteiger partial charge in [-0.1, -0.05) is 12.1 Å². The van der Waals surface area contributed by atoms with Crippen LogP contribution in [0.3, 0.4) is 0 Å². The van der Waals surface area contributed by atoms with Gasteiger partial charge < -0.3 is 10.5 Å². The second-order valence-corrected chi connectivity index (χ2v) is 2.84. The van der Waals surface area contributed by atoms with Crippen LogP contribution in [0.15, 0.2) is 0 Å². The van der Waals surface area contributed by atoms with Crippen LogP contribution in [0.2, 0.25) is 0 Å². The van der Waals surface area contributed by atoms with Crippen LogP contribution in [0, 0.1) is 0 Å². The van der Waals surface area contributed by atoms with E-state index in [0.29, 0.717) is 13.2 Å². The molecule has 0 saturated heterocycles. The monoisotopic (exact) mass is 184 g/mol. The molecule has 0 atom stereocenters. The Labute approximate surface area is 77.9 Å². The number of rotatable bonds is 5. The molecule has 0 aliphatic heterocycles. The summed E-state index contributed by atoms with van der Waals surface area (Å²) in [6.07, 6.45) is 1.03. The topological polar surface area (TPSA) is 66.0 Å². The number of nitrogens with zero attached hydrogens (tertiary/aromatic N) is 3. The van der Waals surface area contributed by atoms with Crippen LogP contribution >= 0.6 is 0 Å². The van der Waals surface area contributed by atoms with Crippen LogP contribution in [0.25, 0.3) is 0 Å².